The van der Waals surface area contributed by atoms with E-state index in [0.717, 1.165) is 31.6 Å². The minimum atomic E-state index is -0.379. The molecule has 156 valence electrons. The molecule has 0 fully saturated rings. The maximum atomic E-state index is 13.5. The number of halogens is 1. The number of urea groups is 1. The number of aryl methyl sites for hydroxylation is 2. The highest BCUT2D eigenvalue weighted by Crippen LogP contribution is 2.25. The molecule has 0 radical (unpaired) electrons. The number of ether oxygens (including phenoxy) is 1. The fraction of sp³-hybridized carbons (Fsp3) is 0.318. The number of benzene rings is 2. The zero-order valence-corrected chi connectivity index (χ0v) is 16.8. The van der Waals surface area contributed by atoms with Crippen LogP contribution in [0.25, 0.3) is 0 Å². The molecule has 1 aromatic heterocycles. The first kappa shape index (κ1) is 19.9. The molecule has 0 saturated heterocycles. The van der Waals surface area contributed by atoms with Crippen LogP contribution in [0.2, 0.25) is 0 Å². The molecule has 3 aromatic rings. The van der Waals surface area contributed by atoms with E-state index in [4.69, 9.17) is 4.74 Å². The number of carbonyl (C=O) groups is 1. The Labute approximate surface area is 174 Å². The lowest BCUT2D eigenvalue weighted by Crippen LogP contribution is -2.35. The lowest BCUT2D eigenvalue weighted by molar-refractivity contribution is 0.256. The van der Waals surface area contributed by atoms with Crippen LogP contribution in [0.5, 0.6) is 5.75 Å². The summed E-state index contributed by atoms with van der Waals surface area (Å²) in [6.45, 7) is 1.01. The van der Waals surface area contributed by atoms with Crippen LogP contribution in [0.4, 0.5) is 20.6 Å². The first-order valence-electron chi connectivity index (χ1n) is 10.0. The van der Waals surface area contributed by atoms with Crippen molar-refractivity contribution in [3.05, 3.63) is 66.0 Å². The summed E-state index contributed by atoms with van der Waals surface area (Å²) in [6.07, 6.45) is 4.22. The molecule has 0 atom stereocenters. The second-order valence-electron chi connectivity index (χ2n) is 7.17. The van der Waals surface area contributed by atoms with Crippen LogP contribution in [-0.4, -0.2) is 27.9 Å². The van der Waals surface area contributed by atoms with E-state index in [2.05, 4.69) is 15.4 Å². The molecule has 1 N–H and O–H groups in total. The molecule has 30 heavy (non-hydrogen) atoms. The number of hydrogen-bond donors (Lipinski definition) is 1. The van der Waals surface area contributed by atoms with Crippen molar-refractivity contribution in [3.8, 4) is 5.75 Å². The van der Waals surface area contributed by atoms with Crippen molar-refractivity contribution in [1.82, 2.24) is 14.8 Å². The van der Waals surface area contributed by atoms with Gasteiger partial charge in [0.25, 0.3) is 0 Å². The summed E-state index contributed by atoms with van der Waals surface area (Å²) in [6, 6.07) is 12.6. The van der Waals surface area contributed by atoms with Crippen molar-refractivity contribution in [1.29, 1.82) is 0 Å². The summed E-state index contributed by atoms with van der Waals surface area (Å²) in [4.78, 5) is 19.3. The fourth-order valence-corrected chi connectivity index (χ4v) is 3.55. The molecule has 0 bridgehead atoms. The first-order valence-corrected chi connectivity index (χ1v) is 10.0. The quantitative estimate of drug-likeness (QED) is 0.678. The van der Waals surface area contributed by atoms with Gasteiger partial charge >= 0.3 is 6.03 Å². The van der Waals surface area contributed by atoms with Gasteiger partial charge in [0.15, 0.2) is 5.82 Å². The van der Waals surface area contributed by atoms with Crippen LogP contribution in [0.1, 0.15) is 30.9 Å². The number of nitrogens with one attached hydrogen (secondary N) is 1. The van der Waals surface area contributed by atoms with Gasteiger partial charge in [-0.1, -0.05) is 18.6 Å². The molecule has 0 unspecified atom stereocenters. The van der Waals surface area contributed by atoms with Gasteiger partial charge in [0.1, 0.15) is 17.4 Å². The van der Waals surface area contributed by atoms with Crippen LogP contribution in [0, 0.1) is 5.82 Å². The lowest BCUT2D eigenvalue weighted by Gasteiger charge is -2.22. The number of methoxy groups -OCH3 is 1. The molecule has 0 aliphatic carbocycles. The average Bonchev–Trinajstić information content (AvgIpc) is 3.01. The molecule has 4 rings (SSSR count). The number of hydrogen-bond acceptors (Lipinski definition) is 4. The van der Waals surface area contributed by atoms with Crippen LogP contribution in [-0.2, 0) is 19.5 Å². The highest BCUT2D eigenvalue weighted by molar-refractivity contribution is 6.02. The molecule has 0 saturated carbocycles. The molecular formula is C22H24FN5O2. The topological polar surface area (TPSA) is 72.3 Å². The second-order valence-corrected chi connectivity index (χ2v) is 7.17. The Morgan fingerprint density at radius 2 is 1.97 bits per heavy atom. The average molecular weight is 409 g/mol. The van der Waals surface area contributed by atoms with Crippen LogP contribution >= 0.6 is 0 Å². The number of para-hydroxylation sites is 2. The van der Waals surface area contributed by atoms with Gasteiger partial charge in [0, 0.05) is 18.7 Å². The van der Waals surface area contributed by atoms with E-state index in [-0.39, 0.29) is 18.4 Å². The van der Waals surface area contributed by atoms with E-state index in [1.165, 1.54) is 23.5 Å². The Bertz CT molecular complexity index is 995. The second kappa shape index (κ2) is 8.94. The molecule has 2 heterocycles. The maximum absolute atomic E-state index is 13.5. The number of amides is 2. The van der Waals surface area contributed by atoms with E-state index in [0.29, 0.717) is 22.9 Å². The van der Waals surface area contributed by atoms with Crippen molar-refractivity contribution in [2.45, 2.75) is 38.8 Å². The van der Waals surface area contributed by atoms with Crippen molar-refractivity contribution in [2.75, 3.05) is 17.3 Å². The molecule has 7 nitrogen and oxygen atoms in total. The number of anilines is 2. The van der Waals surface area contributed by atoms with E-state index < -0.39 is 0 Å². The highest BCUT2D eigenvalue weighted by atomic mass is 19.1. The molecule has 2 amide bonds. The minimum absolute atomic E-state index is 0.173. The summed E-state index contributed by atoms with van der Waals surface area (Å²) >= 11 is 0. The SMILES string of the molecule is COc1ccccc1NC(=O)N(Cc1nc2n(n1)CCCCC2)c1ccc(F)cc1. The Kier molecular flexibility index (Phi) is 5.92. The summed E-state index contributed by atoms with van der Waals surface area (Å²) in [5.74, 6) is 1.70. The Morgan fingerprint density at radius 3 is 2.77 bits per heavy atom. The standard InChI is InChI=1S/C22H24FN5O2/c1-30-19-8-5-4-7-18(19)24-22(29)27(17-12-10-16(23)11-13-17)15-20-25-21-9-3-2-6-14-28(21)26-20/h4-5,7-8,10-13H,2-3,6,9,14-15H2,1H3,(H,24,29). The van der Waals surface area contributed by atoms with Crippen LogP contribution < -0.4 is 15.0 Å². The Morgan fingerprint density at radius 1 is 1.17 bits per heavy atom. The van der Waals surface area contributed by atoms with Crippen LogP contribution in [0.15, 0.2) is 48.5 Å². The molecule has 2 aromatic carbocycles. The molecule has 1 aliphatic rings. The summed E-state index contributed by atoms with van der Waals surface area (Å²) in [7, 11) is 1.55. The molecule has 1 aliphatic heterocycles. The largest absolute Gasteiger partial charge is 0.495 e. The normalized spacial score (nSPS) is 13.3. The number of carbonyl (C=O) groups excluding carboxylic acids is 1. The smallest absolute Gasteiger partial charge is 0.326 e. The van der Waals surface area contributed by atoms with E-state index >= 15 is 0 Å². The Hall–Kier alpha value is -3.42. The zero-order valence-electron chi connectivity index (χ0n) is 16.8. The summed E-state index contributed by atoms with van der Waals surface area (Å²) in [5.41, 5.74) is 1.10. The van der Waals surface area contributed by atoms with Gasteiger partial charge in [0.2, 0.25) is 0 Å². The third-order valence-electron chi connectivity index (χ3n) is 5.09. The van der Waals surface area contributed by atoms with Crippen LogP contribution in [0.3, 0.4) is 0 Å². The number of fused-ring (bicyclic) bond motifs is 1. The Balaban J connectivity index is 1.61. The third kappa shape index (κ3) is 4.42. The lowest BCUT2D eigenvalue weighted by atomic mass is 10.2. The van der Waals surface area contributed by atoms with Crippen molar-refractivity contribution >= 4 is 17.4 Å². The van der Waals surface area contributed by atoms with Gasteiger partial charge in [-0.15, -0.1) is 0 Å². The van der Waals surface area contributed by atoms with Crippen molar-refractivity contribution in [3.63, 3.8) is 0 Å². The molecular weight excluding hydrogens is 385 g/mol. The number of rotatable bonds is 5. The minimum Gasteiger partial charge on any atom is -0.495 e. The van der Waals surface area contributed by atoms with Crippen molar-refractivity contribution in [2.24, 2.45) is 0 Å². The highest BCUT2D eigenvalue weighted by Gasteiger charge is 2.21. The van der Waals surface area contributed by atoms with E-state index in [9.17, 15) is 9.18 Å². The third-order valence-corrected chi connectivity index (χ3v) is 5.09. The van der Waals surface area contributed by atoms with Gasteiger partial charge in [-0.25, -0.2) is 18.9 Å². The maximum Gasteiger partial charge on any atom is 0.326 e. The predicted octanol–water partition coefficient (Wildman–Crippen LogP) is 4.39. The fourth-order valence-electron chi connectivity index (χ4n) is 3.55. The van der Waals surface area contributed by atoms with Crippen molar-refractivity contribution < 1.29 is 13.9 Å². The zero-order chi connectivity index (χ0) is 20.9. The molecule has 0 spiro atoms. The predicted molar refractivity (Wildman–Crippen MR) is 112 cm³/mol. The first-order chi connectivity index (χ1) is 14.6. The molecule has 8 heteroatoms. The number of aromatic nitrogens is 3. The monoisotopic (exact) mass is 409 g/mol. The van der Waals surface area contributed by atoms with Gasteiger partial charge in [0.05, 0.1) is 19.3 Å². The van der Waals surface area contributed by atoms with E-state index in [1.54, 1.807) is 31.4 Å². The van der Waals surface area contributed by atoms with E-state index in [1.807, 2.05) is 16.8 Å². The summed E-state index contributed by atoms with van der Waals surface area (Å²) < 4.78 is 20.7. The van der Waals surface area contributed by atoms with Gasteiger partial charge in [-0.05, 0) is 49.2 Å². The van der Waals surface area contributed by atoms with Gasteiger partial charge in [-0.3, -0.25) is 4.90 Å². The number of nitrogens with zero attached hydrogens (tertiary/aromatic N) is 4. The van der Waals surface area contributed by atoms with Gasteiger partial charge in [-0.2, -0.15) is 5.10 Å². The summed E-state index contributed by atoms with van der Waals surface area (Å²) in [5, 5.41) is 7.47. The van der Waals surface area contributed by atoms with Gasteiger partial charge < -0.3 is 10.1 Å².